The van der Waals surface area contributed by atoms with Crippen molar-refractivity contribution in [2.24, 2.45) is 11.1 Å². The van der Waals surface area contributed by atoms with Crippen molar-refractivity contribution < 1.29 is 36.1 Å². The van der Waals surface area contributed by atoms with E-state index in [2.05, 4.69) is 16.7 Å². The van der Waals surface area contributed by atoms with Crippen LogP contribution in [0.15, 0.2) is 53.3 Å². The quantitative estimate of drug-likeness (QED) is 0.224. The van der Waals surface area contributed by atoms with Crippen LogP contribution in [-0.2, 0) is 23.8 Å². The number of aromatic carboxylic acids is 1. The van der Waals surface area contributed by atoms with Crippen LogP contribution in [-0.4, -0.2) is 36.2 Å². The number of carbonyl (C=O) groups is 1. The van der Waals surface area contributed by atoms with E-state index in [1.165, 1.54) is 28.3 Å². The summed E-state index contributed by atoms with van der Waals surface area (Å²) >= 11 is 1.02. The summed E-state index contributed by atoms with van der Waals surface area (Å²) in [5.41, 5.74) is -0.428. The van der Waals surface area contributed by atoms with E-state index in [1.54, 1.807) is 0 Å². The molecule has 1 saturated carbocycles. The van der Waals surface area contributed by atoms with Gasteiger partial charge in [0.25, 0.3) is 0 Å². The highest BCUT2D eigenvalue weighted by Crippen LogP contribution is 2.40. The third kappa shape index (κ3) is 5.99. The Morgan fingerprint density at radius 1 is 1.17 bits per heavy atom. The van der Waals surface area contributed by atoms with Gasteiger partial charge in [-0.15, -0.1) is 11.3 Å². The van der Waals surface area contributed by atoms with Crippen LogP contribution in [0, 0.1) is 17.6 Å². The summed E-state index contributed by atoms with van der Waals surface area (Å²) in [5.74, 6) is -2.87. The third-order valence-electron chi connectivity index (χ3n) is 6.66. The molecule has 14 heteroatoms. The molecular formula is C27H21F5N4O3S2. The molecule has 1 aliphatic carbocycles. The lowest BCUT2D eigenvalue weighted by molar-refractivity contribution is -0.0688. The fourth-order valence-corrected chi connectivity index (χ4v) is 5.63. The number of aromatic nitrogens is 3. The number of nitrogens with two attached hydrogens (primary N) is 1. The number of hydrogen-bond acceptors (Lipinski definition) is 5. The van der Waals surface area contributed by atoms with Gasteiger partial charge in [-0.2, -0.15) is 18.3 Å². The number of rotatable bonds is 9. The maximum atomic E-state index is 14.7. The van der Waals surface area contributed by atoms with Crippen molar-refractivity contribution in [2.75, 3.05) is 0 Å². The summed E-state index contributed by atoms with van der Waals surface area (Å²) in [5, 5.41) is 20.9. The minimum atomic E-state index is -4.88. The first-order chi connectivity index (χ1) is 19.3. The molecule has 0 amide bonds. The molecule has 41 heavy (non-hydrogen) atoms. The van der Waals surface area contributed by atoms with Crippen LogP contribution in [0.2, 0.25) is 0 Å². The van der Waals surface area contributed by atoms with Crippen molar-refractivity contribution in [3.63, 3.8) is 0 Å². The molecule has 7 nitrogen and oxygen atoms in total. The number of hydrogen-bond donors (Lipinski definition) is 2. The zero-order chi connectivity index (χ0) is 29.6. The predicted molar refractivity (Wildman–Crippen MR) is 143 cm³/mol. The average Bonchev–Trinajstić information content (AvgIpc) is 3.46. The lowest BCUT2D eigenvalue weighted by atomic mass is 9.95. The Balaban J connectivity index is 1.71. The number of allylic oxidation sites excluding steroid dienone is 1. The van der Waals surface area contributed by atoms with Crippen LogP contribution in [0.5, 0.6) is 0 Å². The Kier molecular flexibility index (Phi) is 7.66. The summed E-state index contributed by atoms with van der Waals surface area (Å²) in [7, 11) is -2.05. The van der Waals surface area contributed by atoms with Crippen molar-refractivity contribution >= 4 is 33.9 Å². The minimum absolute atomic E-state index is 0.0515. The van der Waals surface area contributed by atoms with Crippen molar-refractivity contribution in [2.45, 2.75) is 36.8 Å². The lowest BCUT2D eigenvalue weighted by Crippen LogP contribution is -2.11. The first-order valence-electron chi connectivity index (χ1n) is 12.1. The highest BCUT2D eigenvalue weighted by atomic mass is 32.2. The van der Waals surface area contributed by atoms with Gasteiger partial charge in [0, 0.05) is 28.5 Å². The SMILES string of the molecule is C=C(c1cc(-c2nn(-c3nc(C(=O)O)cs3)c(CC3CC3)c2Cc2ccc(S(N)=O)c(F)c2)ccc1F)C(F)(F)F. The molecule has 1 unspecified atom stereocenters. The van der Waals surface area contributed by atoms with Crippen molar-refractivity contribution in [1.29, 1.82) is 0 Å². The summed E-state index contributed by atoms with van der Waals surface area (Å²) in [6.45, 7) is 3.02. The molecule has 5 rings (SSSR count). The fourth-order valence-electron chi connectivity index (χ4n) is 4.40. The van der Waals surface area contributed by atoms with E-state index in [9.17, 15) is 36.1 Å². The summed E-state index contributed by atoms with van der Waals surface area (Å²) in [6.07, 6.45) is -2.49. The molecule has 2 heterocycles. The van der Waals surface area contributed by atoms with Gasteiger partial charge in [-0.1, -0.05) is 12.6 Å². The average molecular weight is 609 g/mol. The Bertz CT molecular complexity index is 1710. The molecule has 0 radical (unpaired) electrons. The van der Waals surface area contributed by atoms with Crippen LogP contribution in [0.25, 0.3) is 22.0 Å². The summed E-state index contributed by atoms with van der Waals surface area (Å²) in [6, 6.07) is 7.16. The highest BCUT2D eigenvalue weighted by molar-refractivity contribution is 7.82. The monoisotopic (exact) mass is 608 g/mol. The van der Waals surface area contributed by atoms with E-state index in [-0.39, 0.29) is 39.3 Å². The number of thiazole rings is 1. The first-order valence-corrected chi connectivity index (χ1v) is 14.2. The van der Waals surface area contributed by atoms with E-state index in [1.807, 2.05) is 0 Å². The number of carboxylic acids is 1. The van der Waals surface area contributed by atoms with Crippen molar-refractivity contribution in [1.82, 2.24) is 14.8 Å². The molecule has 0 saturated heterocycles. The molecule has 0 aliphatic heterocycles. The van der Waals surface area contributed by atoms with Gasteiger partial charge in [-0.25, -0.2) is 32.6 Å². The van der Waals surface area contributed by atoms with Crippen LogP contribution in [0.3, 0.4) is 0 Å². The van der Waals surface area contributed by atoms with Gasteiger partial charge in [0.05, 0.1) is 21.9 Å². The number of benzene rings is 2. The van der Waals surface area contributed by atoms with E-state index in [4.69, 9.17) is 5.14 Å². The third-order valence-corrected chi connectivity index (χ3v) is 8.24. The van der Waals surface area contributed by atoms with Crippen LogP contribution in [0.1, 0.15) is 45.7 Å². The van der Waals surface area contributed by atoms with Crippen LogP contribution >= 0.6 is 11.3 Å². The molecule has 3 N–H and O–H groups in total. The van der Waals surface area contributed by atoms with Gasteiger partial charge in [0.15, 0.2) is 5.69 Å². The summed E-state index contributed by atoms with van der Waals surface area (Å²) < 4.78 is 82.6. The number of nitrogens with zero attached hydrogens (tertiary/aromatic N) is 3. The van der Waals surface area contributed by atoms with Gasteiger partial charge < -0.3 is 5.11 Å². The Morgan fingerprint density at radius 3 is 2.49 bits per heavy atom. The second-order valence-electron chi connectivity index (χ2n) is 9.56. The Morgan fingerprint density at radius 2 is 1.90 bits per heavy atom. The normalized spacial score (nSPS) is 14.3. The van der Waals surface area contributed by atoms with Crippen LogP contribution in [0.4, 0.5) is 22.0 Å². The second-order valence-corrected chi connectivity index (χ2v) is 11.4. The topological polar surface area (TPSA) is 111 Å². The predicted octanol–water partition coefficient (Wildman–Crippen LogP) is 6.07. The van der Waals surface area contributed by atoms with Gasteiger partial charge in [0.2, 0.25) is 5.13 Å². The van der Waals surface area contributed by atoms with E-state index < -0.39 is 45.9 Å². The van der Waals surface area contributed by atoms with Crippen LogP contribution < -0.4 is 5.14 Å². The van der Waals surface area contributed by atoms with Gasteiger partial charge >= 0.3 is 12.1 Å². The maximum Gasteiger partial charge on any atom is 0.416 e. The highest BCUT2D eigenvalue weighted by Gasteiger charge is 2.35. The fraction of sp³-hybridized carbons (Fsp3) is 0.222. The Labute approximate surface area is 236 Å². The molecule has 1 aliphatic rings. The molecule has 4 aromatic rings. The molecule has 1 fully saturated rings. The zero-order valence-electron chi connectivity index (χ0n) is 21.0. The Hall–Kier alpha value is -3.75. The number of carboxylic acid groups (broad SMARTS) is 1. The second kappa shape index (κ2) is 10.9. The van der Waals surface area contributed by atoms with E-state index in [0.717, 1.165) is 42.4 Å². The van der Waals surface area contributed by atoms with Crippen molar-refractivity contribution in [3.8, 4) is 16.4 Å². The largest absolute Gasteiger partial charge is 0.476 e. The molecule has 214 valence electrons. The molecule has 2 aromatic heterocycles. The minimum Gasteiger partial charge on any atom is -0.476 e. The van der Waals surface area contributed by atoms with Crippen molar-refractivity contribution in [3.05, 3.63) is 88.1 Å². The molecule has 0 spiro atoms. The van der Waals surface area contributed by atoms with Gasteiger partial charge in [0.1, 0.15) is 22.6 Å². The first kappa shape index (κ1) is 28.8. The molecule has 2 aromatic carbocycles. The van der Waals surface area contributed by atoms with Gasteiger partial charge in [-0.05, 0) is 61.1 Å². The molecular weight excluding hydrogens is 587 g/mol. The lowest BCUT2D eigenvalue weighted by Gasteiger charge is -2.13. The number of alkyl halides is 3. The molecule has 1 atom stereocenters. The summed E-state index contributed by atoms with van der Waals surface area (Å²) in [4.78, 5) is 15.4. The smallest absolute Gasteiger partial charge is 0.416 e. The molecule has 0 bridgehead atoms. The van der Waals surface area contributed by atoms with Gasteiger partial charge in [-0.3, -0.25) is 0 Å². The van der Waals surface area contributed by atoms with E-state index >= 15 is 0 Å². The maximum absolute atomic E-state index is 14.7. The van der Waals surface area contributed by atoms with E-state index in [0.29, 0.717) is 23.2 Å². The number of halogens is 5. The standard InChI is InChI=1S/C27H21F5N4O3S2/c1-13(27(30,31)32)17-11-16(5-6-19(17)28)24-18(8-15-4-7-23(41(33)39)20(29)9-15)22(10-14-2-3-14)36(35-24)26-34-21(12-40-26)25(37)38/h4-7,9,11-12,14H,1-3,8,10,33H2,(H,37,38). The zero-order valence-corrected chi connectivity index (χ0v) is 22.7.